The Labute approximate surface area is 195 Å². The summed E-state index contributed by atoms with van der Waals surface area (Å²) in [7, 11) is 0. The van der Waals surface area contributed by atoms with E-state index in [0.717, 1.165) is 55.9 Å². The van der Waals surface area contributed by atoms with Gasteiger partial charge in [-0.1, -0.05) is 23.8 Å². The normalized spacial score (nSPS) is 22.8. The number of hydrogen-bond donors (Lipinski definition) is 3. The lowest BCUT2D eigenvalue weighted by atomic mass is 9.79. The van der Waals surface area contributed by atoms with Gasteiger partial charge < -0.3 is 21.1 Å². The molecule has 176 valence electrons. The smallest absolute Gasteiger partial charge is 0.217 e. The zero-order chi connectivity index (χ0) is 23.2. The fourth-order valence-corrected chi connectivity index (χ4v) is 4.53. The van der Waals surface area contributed by atoms with Crippen molar-refractivity contribution in [1.82, 2.24) is 10.2 Å². The molecular weight excluding hydrogens is 431 g/mol. The summed E-state index contributed by atoms with van der Waals surface area (Å²) in [5, 5.41) is 6.88. The van der Waals surface area contributed by atoms with Crippen LogP contribution >= 0.6 is 11.6 Å². The van der Waals surface area contributed by atoms with Gasteiger partial charge in [-0.3, -0.25) is 9.69 Å². The van der Waals surface area contributed by atoms with Crippen molar-refractivity contribution in [2.75, 3.05) is 38.2 Å². The number of rotatable bonds is 9. The van der Waals surface area contributed by atoms with Gasteiger partial charge in [-0.2, -0.15) is 0 Å². The van der Waals surface area contributed by atoms with Crippen LogP contribution in [0.3, 0.4) is 0 Å². The number of ether oxygens (including phenoxy) is 1. The van der Waals surface area contributed by atoms with Gasteiger partial charge >= 0.3 is 0 Å². The Hall–Kier alpha value is -2.09. The van der Waals surface area contributed by atoms with E-state index >= 15 is 0 Å². The quantitative estimate of drug-likeness (QED) is 0.481. The van der Waals surface area contributed by atoms with Crippen LogP contribution in [-0.2, 0) is 4.79 Å². The lowest BCUT2D eigenvalue weighted by Gasteiger charge is -2.43. The molecule has 32 heavy (non-hydrogen) atoms. The number of carbonyl (C=O) groups excluding carboxylic acids is 1. The van der Waals surface area contributed by atoms with Gasteiger partial charge in [0.2, 0.25) is 5.91 Å². The van der Waals surface area contributed by atoms with E-state index in [1.54, 1.807) is 32.1 Å². The van der Waals surface area contributed by atoms with Crippen molar-refractivity contribution in [1.29, 1.82) is 0 Å². The molecule has 1 aliphatic carbocycles. The second-order valence-corrected chi connectivity index (χ2v) is 9.38. The number of hydrogen-bond acceptors (Lipinski definition) is 5. The molecule has 1 atom stereocenters. The molecule has 0 aromatic heterocycles. The minimum absolute atomic E-state index is 0.0276. The van der Waals surface area contributed by atoms with Crippen molar-refractivity contribution in [3.05, 3.63) is 47.0 Å². The number of nitrogens with two attached hydrogens (primary N) is 1. The average molecular weight is 465 g/mol. The monoisotopic (exact) mass is 464 g/mol. The van der Waals surface area contributed by atoms with Crippen LogP contribution in [0.4, 0.5) is 10.1 Å². The van der Waals surface area contributed by atoms with E-state index in [9.17, 15) is 9.18 Å². The highest BCUT2D eigenvalue weighted by Crippen LogP contribution is 2.33. The molecule has 1 fully saturated rings. The van der Waals surface area contributed by atoms with Crippen molar-refractivity contribution in [2.45, 2.75) is 50.7 Å². The lowest BCUT2D eigenvalue weighted by molar-refractivity contribution is -0.121. The van der Waals surface area contributed by atoms with Crippen LogP contribution in [0.5, 0.6) is 5.75 Å². The molecule has 0 saturated carbocycles. The molecule has 1 unspecified atom stereocenters. The maximum atomic E-state index is 14.1. The van der Waals surface area contributed by atoms with E-state index in [4.69, 9.17) is 22.1 Å². The average Bonchev–Trinajstić information content (AvgIpc) is 2.72. The Kier molecular flexibility index (Phi) is 8.20. The first-order valence-corrected chi connectivity index (χ1v) is 11.5. The standard InChI is InChI=1S/C24H34ClFN4O2/c1-18(31)29-24(16-19-5-7-23(2,26)8-6-19)9-11-30(12-10-24)13-14-32-22-4-3-20(25)15-21(22)28-17-27/h3-7,15,28H,8-14,16-17,27H2,1-2H3,(H,29,31). The number of alkyl halides is 1. The van der Waals surface area contributed by atoms with Gasteiger partial charge in [0.25, 0.3) is 0 Å². The third kappa shape index (κ3) is 6.95. The molecule has 0 radical (unpaired) electrons. The predicted octanol–water partition coefficient (Wildman–Crippen LogP) is 4.02. The SMILES string of the molecule is CC(=O)NC1(CC2=CCC(C)(F)C=C2)CCN(CCOc2ccc(Cl)cc2NCN)CC1. The molecule has 8 heteroatoms. The molecule has 3 rings (SSSR count). The summed E-state index contributed by atoms with van der Waals surface area (Å²) >= 11 is 6.05. The molecule has 2 aliphatic rings. The van der Waals surface area contributed by atoms with Crippen LogP contribution in [-0.4, -0.2) is 54.9 Å². The third-order valence-corrected chi connectivity index (χ3v) is 6.34. The van der Waals surface area contributed by atoms with Crippen molar-refractivity contribution >= 4 is 23.2 Å². The number of halogens is 2. The molecule has 1 amide bonds. The van der Waals surface area contributed by atoms with E-state index in [0.29, 0.717) is 24.7 Å². The number of amides is 1. The maximum absolute atomic E-state index is 14.1. The first-order chi connectivity index (χ1) is 15.2. The third-order valence-electron chi connectivity index (χ3n) is 6.10. The summed E-state index contributed by atoms with van der Waals surface area (Å²) in [5.74, 6) is 0.695. The van der Waals surface area contributed by atoms with Gasteiger partial charge in [-0.05, 0) is 56.0 Å². The van der Waals surface area contributed by atoms with Gasteiger partial charge in [0, 0.05) is 43.5 Å². The predicted molar refractivity (Wildman–Crippen MR) is 128 cm³/mol. The minimum atomic E-state index is -1.28. The van der Waals surface area contributed by atoms with Crippen LogP contribution in [0.2, 0.25) is 5.02 Å². The fraction of sp³-hybridized carbons (Fsp3) is 0.542. The van der Waals surface area contributed by atoms with Gasteiger partial charge in [0.15, 0.2) is 0 Å². The Morgan fingerprint density at radius 1 is 1.34 bits per heavy atom. The number of carbonyl (C=O) groups is 1. The van der Waals surface area contributed by atoms with E-state index in [1.165, 1.54) is 0 Å². The zero-order valence-electron chi connectivity index (χ0n) is 18.9. The molecule has 0 bridgehead atoms. The Bertz CT molecular complexity index is 864. The molecule has 4 N–H and O–H groups in total. The maximum Gasteiger partial charge on any atom is 0.217 e. The molecule has 6 nitrogen and oxygen atoms in total. The van der Waals surface area contributed by atoms with E-state index < -0.39 is 5.67 Å². The van der Waals surface area contributed by atoms with E-state index in [-0.39, 0.29) is 11.4 Å². The first-order valence-electron chi connectivity index (χ1n) is 11.1. The number of nitrogens with zero attached hydrogens (tertiary/aromatic N) is 1. The molecule has 1 saturated heterocycles. The van der Waals surface area contributed by atoms with Gasteiger partial charge in [-0.25, -0.2) is 4.39 Å². The largest absolute Gasteiger partial charge is 0.490 e. The van der Waals surface area contributed by atoms with Crippen LogP contribution in [0.1, 0.15) is 39.5 Å². The minimum Gasteiger partial charge on any atom is -0.490 e. The van der Waals surface area contributed by atoms with Gasteiger partial charge in [0.05, 0.1) is 12.4 Å². The number of anilines is 1. The Balaban J connectivity index is 1.53. The Morgan fingerprint density at radius 3 is 2.72 bits per heavy atom. The number of nitrogens with one attached hydrogen (secondary N) is 2. The van der Waals surface area contributed by atoms with Crippen molar-refractivity contribution < 1.29 is 13.9 Å². The fourth-order valence-electron chi connectivity index (χ4n) is 4.35. The summed E-state index contributed by atoms with van der Waals surface area (Å²) in [6.45, 7) is 6.47. The van der Waals surface area contributed by atoms with Crippen molar-refractivity contribution in [2.24, 2.45) is 5.73 Å². The first kappa shape index (κ1) is 24.6. The molecule has 1 heterocycles. The van der Waals surface area contributed by atoms with Crippen LogP contribution in [0, 0.1) is 0 Å². The molecule has 0 spiro atoms. The van der Waals surface area contributed by atoms with Crippen LogP contribution in [0.25, 0.3) is 0 Å². The van der Waals surface area contributed by atoms with Gasteiger partial charge in [0.1, 0.15) is 18.0 Å². The highest BCUT2D eigenvalue weighted by Gasteiger charge is 2.36. The highest BCUT2D eigenvalue weighted by atomic mass is 35.5. The summed E-state index contributed by atoms with van der Waals surface area (Å²) in [5.41, 5.74) is 5.89. The number of likely N-dealkylation sites (tertiary alicyclic amines) is 1. The van der Waals surface area contributed by atoms with Crippen molar-refractivity contribution in [3.8, 4) is 5.75 Å². The molecule has 1 aromatic rings. The van der Waals surface area contributed by atoms with Gasteiger partial charge in [-0.15, -0.1) is 0 Å². The zero-order valence-corrected chi connectivity index (χ0v) is 19.7. The molecular formula is C24H34ClFN4O2. The van der Waals surface area contributed by atoms with Crippen molar-refractivity contribution in [3.63, 3.8) is 0 Å². The highest BCUT2D eigenvalue weighted by molar-refractivity contribution is 6.30. The van der Waals surface area contributed by atoms with E-state index in [2.05, 4.69) is 15.5 Å². The summed E-state index contributed by atoms with van der Waals surface area (Å²) < 4.78 is 20.0. The molecule has 1 aromatic carbocycles. The number of piperidine rings is 1. The summed E-state index contributed by atoms with van der Waals surface area (Å²) in [6.07, 6.45) is 8.24. The molecule has 1 aliphatic heterocycles. The Morgan fingerprint density at radius 2 is 2.09 bits per heavy atom. The second-order valence-electron chi connectivity index (χ2n) is 8.94. The number of benzene rings is 1. The second kappa shape index (κ2) is 10.7. The van der Waals surface area contributed by atoms with Crippen LogP contribution in [0.15, 0.2) is 42.0 Å². The summed E-state index contributed by atoms with van der Waals surface area (Å²) in [6, 6.07) is 5.43. The number of allylic oxidation sites excluding steroid dienone is 3. The lowest BCUT2D eigenvalue weighted by Crippen LogP contribution is -2.55. The van der Waals surface area contributed by atoms with E-state index in [1.807, 2.05) is 18.2 Å². The summed E-state index contributed by atoms with van der Waals surface area (Å²) in [4.78, 5) is 14.3. The topological polar surface area (TPSA) is 79.6 Å². The van der Waals surface area contributed by atoms with Crippen LogP contribution < -0.4 is 21.1 Å².